The van der Waals surface area contributed by atoms with Crippen molar-refractivity contribution in [1.82, 2.24) is 5.32 Å². The quantitative estimate of drug-likeness (QED) is 0.382. The lowest BCUT2D eigenvalue weighted by atomic mass is 10.1. The maximum Gasteiger partial charge on any atom is 0.416 e. The lowest BCUT2D eigenvalue weighted by molar-refractivity contribution is -0.137. The molecule has 4 nitrogen and oxygen atoms in total. The molecule has 0 spiro atoms. The number of alkyl halides is 3. The molecular weight excluding hydrogens is 453 g/mol. The van der Waals surface area contributed by atoms with Crippen LogP contribution in [0.15, 0.2) is 18.2 Å². The van der Waals surface area contributed by atoms with Crippen molar-refractivity contribution in [3.8, 4) is 5.75 Å². The number of rotatable bonds is 3. The van der Waals surface area contributed by atoms with Crippen molar-refractivity contribution in [2.45, 2.75) is 6.18 Å². The van der Waals surface area contributed by atoms with Gasteiger partial charge in [-0.15, -0.1) is 0 Å². The number of halogens is 8. The van der Waals surface area contributed by atoms with Gasteiger partial charge < -0.3 is 10.1 Å². The molecule has 0 aliphatic carbocycles. The van der Waals surface area contributed by atoms with Crippen molar-refractivity contribution in [2.75, 3.05) is 12.4 Å². The van der Waals surface area contributed by atoms with Gasteiger partial charge in [0.15, 0.2) is 22.5 Å². The Balaban J connectivity index is 2.24. The van der Waals surface area contributed by atoms with Crippen LogP contribution in [-0.2, 0) is 6.18 Å². The second-order valence-electron chi connectivity index (χ2n) is 5.26. The van der Waals surface area contributed by atoms with Gasteiger partial charge in [-0.1, -0.05) is 11.6 Å². The van der Waals surface area contributed by atoms with E-state index in [1.165, 1.54) is 0 Å². The minimum atomic E-state index is -4.66. The number of hydrogen-bond acceptors (Lipinski definition) is 3. The third-order valence-electron chi connectivity index (χ3n) is 3.43. The minimum Gasteiger partial charge on any atom is -0.491 e. The van der Waals surface area contributed by atoms with E-state index in [0.717, 1.165) is 13.2 Å². The molecule has 2 aromatic carbocycles. The lowest BCUT2D eigenvalue weighted by Crippen LogP contribution is -2.35. The molecule has 2 aromatic rings. The second-order valence-corrected chi connectivity index (χ2v) is 6.08. The van der Waals surface area contributed by atoms with Crippen LogP contribution in [-0.4, -0.2) is 18.1 Å². The van der Waals surface area contributed by atoms with Crippen LogP contribution < -0.4 is 15.4 Å². The summed E-state index contributed by atoms with van der Waals surface area (Å²) in [6, 6.07) is 2.12. The van der Waals surface area contributed by atoms with Gasteiger partial charge in [-0.25, -0.2) is 8.78 Å². The number of nitrogens with one attached hydrogen (secondary N) is 2. The molecule has 0 heterocycles. The third kappa shape index (κ3) is 4.70. The molecule has 1 amide bonds. The normalized spacial score (nSPS) is 11.2. The van der Waals surface area contributed by atoms with Gasteiger partial charge in [0.25, 0.3) is 5.91 Å². The summed E-state index contributed by atoms with van der Waals surface area (Å²) in [6.45, 7) is 0. The minimum absolute atomic E-state index is 0.182. The van der Waals surface area contributed by atoms with E-state index in [9.17, 15) is 35.5 Å². The first-order chi connectivity index (χ1) is 13.4. The van der Waals surface area contributed by atoms with Crippen molar-refractivity contribution >= 4 is 40.5 Å². The zero-order chi connectivity index (χ0) is 22.1. The molecule has 0 aliphatic heterocycles. The van der Waals surface area contributed by atoms with Crippen molar-refractivity contribution in [1.29, 1.82) is 0 Å². The molecule has 0 aliphatic rings. The van der Waals surface area contributed by atoms with E-state index < -0.39 is 62.4 Å². The van der Waals surface area contributed by atoms with E-state index in [1.54, 1.807) is 5.32 Å². The Morgan fingerprint density at radius 1 is 1.07 bits per heavy atom. The molecule has 2 rings (SSSR count). The van der Waals surface area contributed by atoms with Gasteiger partial charge in [0.1, 0.15) is 5.56 Å². The molecular formula is C16H8ClF7N2O2S. The Hall–Kier alpha value is -2.60. The van der Waals surface area contributed by atoms with Crippen molar-refractivity contribution in [3.05, 3.63) is 57.6 Å². The van der Waals surface area contributed by atoms with Gasteiger partial charge in [0.05, 0.1) is 23.4 Å². The third-order valence-corrected chi connectivity index (χ3v) is 3.94. The molecule has 13 heteroatoms. The fourth-order valence-electron chi connectivity index (χ4n) is 2.10. The Morgan fingerprint density at radius 3 is 2.07 bits per heavy atom. The largest absolute Gasteiger partial charge is 0.491 e. The van der Waals surface area contributed by atoms with Crippen LogP contribution in [0, 0.1) is 23.3 Å². The smallest absolute Gasteiger partial charge is 0.416 e. The summed E-state index contributed by atoms with van der Waals surface area (Å²) in [7, 11) is 0.757. The summed E-state index contributed by atoms with van der Waals surface area (Å²) in [5.41, 5.74) is -2.86. The summed E-state index contributed by atoms with van der Waals surface area (Å²) >= 11 is 10.4. The molecule has 0 unspecified atom stereocenters. The summed E-state index contributed by atoms with van der Waals surface area (Å²) in [4.78, 5) is 12.0. The zero-order valence-electron chi connectivity index (χ0n) is 14.0. The van der Waals surface area contributed by atoms with Crippen LogP contribution in [0.3, 0.4) is 0 Å². The maximum atomic E-state index is 13.9. The molecule has 0 atom stereocenters. The number of carbonyl (C=O) groups excluding carboxylic acids is 1. The van der Waals surface area contributed by atoms with Crippen molar-refractivity contribution in [3.63, 3.8) is 0 Å². The van der Waals surface area contributed by atoms with Crippen LogP contribution in [0.4, 0.5) is 36.4 Å². The predicted molar refractivity (Wildman–Crippen MR) is 93.0 cm³/mol. The van der Waals surface area contributed by atoms with Crippen LogP contribution in [0.25, 0.3) is 0 Å². The van der Waals surface area contributed by atoms with Crippen molar-refractivity contribution < 1.29 is 40.3 Å². The molecule has 0 aromatic heterocycles. The molecule has 156 valence electrons. The number of amides is 1. The van der Waals surface area contributed by atoms with Gasteiger partial charge in [-0.05, 0) is 30.4 Å². The highest BCUT2D eigenvalue weighted by Crippen LogP contribution is 2.34. The maximum absolute atomic E-state index is 13.9. The van der Waals surface area contributed by atoms with Gasteiger partial charge in [0.2, 0.25) is 11.6 Å². The molecule has 0 radical (unpaired) electrons. The lowest BCUT2D eigenvalue weighted by Gasteiger charge is -2.14. The van der Waals surface area contributed by atoms with Crippen molar-refractivity contribution in [2.24, 2.45) is 0 Å². The average molecular weight is 461 g/mol. The highest BCUT2D eigenvalue weighted by Gasteiger charge is 2.32. The Bertz CT molecular complexity index is 969. The molecule has 29 heavy (non-hydrogen) atoms. The van der Waals surface area contributed by atoms with Crippen LogP contribution in [0.2, 0.25) is 5.02 Å². The standard InChI is InChI=1S/C16H8ClF7N2O2S/c1-28-13-11(20)9(18)8(10(19)12(13)21)14(27)26-15(29)25-7-3-2-5(4-6(7)17)16(22,23)24/h2-4H,1H3,(H2,25,26,27,29). The van der Waals surface area contributed by atoms with E-state index in [1.807, 2.05) is 0 Å². The van der Waals surface area contributed by atoms with Gasteiger partial charge in [-0.3, -0.25) is 10.1 Å². The summed E-state index contributed by atoms with van der Waals surface area (Å²) < 4.78 is 97.3. The summed E-state index contributed by atoms with van der Waals surface area (Å²) in [5, 5.41) is 2.87. The second kappa shape index (κ2) is 8.41. The number of anilines is 1. The zero-order valence-corrected chi connectivity index (χ0v) is 15.6. The van der Waals surface area contributed by atoms with Gasteiger partial charge in [0, 0.05) is 0 Å². The Kier molecular flexibility index (Phi) is 6.58. The molecule has 0 saturated heterocycles. The fraction of sp³-hybridized carbons (Fsp3) is 0.125. The fourth-order valence-corrected chi connectivity index (χ4v) is 2.53. The van der Waals surface area contributed by atoms with E-state index >= 15 is 0 Å². The SMILES string of the molecule is COc1c(F)c(F)c(C(=O)NC(=S)Nc2ccc(C(F)(F)F)cc2Cl)c(F)c1F. The number of benzene rings is 2. The molecule has 0 bridgehead atoms. The van der Waals surface area contributed by atoms with Gasteiger partial charge in [-0.2, -0.15) is 22.0 Å². The summed E-state index contributed by atoms with van der Waals surface area (Å²) in [6.07, 6.45) is -4.66. The van der Waals surface area contributed by atoms with Crippen LogP contribution in [0.1, 0.15) is 15.9 Å². The van der Waals surface area contributed by atoms with Crippen LogP contribution >= 0.6 is 23.8 Å². The number of ether oxygens (including phenoxy) is 1. The van der Waals surface area contributed by atoms with E-state index in [-0.39, 0.29) is 5.69 Å². The van der Waals surface area contributed by atoms with Crippen LogP contribution in [0.5, 0.6) is 5.75 Å². The highest BCUT2D eigenvalue weighted by atomic mass is 35.5. The Labute approximate surface area is 168 Å². The molecule has 0 saturated carbocycles. The average Bonchev–Trinajstić information content (AvgIpc) is 2.61. The highest BCUT2D eigenvalue weighted by molar-refractivity contribution is 7.80. The number of hydrogen-bond donors (Lipinski definition) is 2. The Morgan fingerprint density at radius 2 is 1.62 bits per heavy atom. The van der Waals surface area contributed by atoms with E-state index in [4.69, 9.17) is 23.8 Å². The first-order valence-corrected chi connectivity index (χ1v) is 8.06. The molecule has 2 N–H and O–H groups in total. The summed E-state index contributed by atoms with van der Waals surface area (Å²) in [5.74, 6) is -11.0. The molecule has 0 fully saturated rings. The monoisotopic (exact) mass is 460 g/mol. The van der Waals surface area contributed by atoms with E-state index in [0.29, 0.717) is 12.1 Å². The van der Waals surface area contributed by atoms with E-state index in [2.05, 4.69) is 10.1 Å². The van der Waals surface area contributed by atoms with Gasteiger partial charge >= 0.3 is 6.18 Å². The number of carbonyl (C=O) groups is 1. The number of thiocarbonyl (C=S) groups is 1. The predicted octanol–water partition coefficient (Wildman–Crippen LogP) is 5.05. The topological polar surface area (TPSA) is 50.4 Å². The number of methoxy groups -OCH3 is 1. The first-order valence-electron chi connectivity index (χ1n) is 7.27. The first kappa shape index (κ1) is 22.7.